The first-order chi connectivity index (χ1) is 7.63. The van der Waals surface area contributed by atoms with Gasteiger partial charge in [0.2, 0.25) is 0 Å². The van der Waals surface area contributed by atoms with Crippen LogP contribution in [-0.2, 0) is 15.2 Å². The van der Waals surface area contributed by atoms with Crippen LogP contribution in [0.4, 0.5) is 0 Å². The molecular weight excluding hydrogens is 208 g/mol. The number of nitrogens with one attached hydrogen (secondary N) is 1. The Balaban J connectivity index is 2.18. The average molecular weight is 222 g/mol. The van der Waals surface area contributed by atoms with Gasteiger partial charge in [-0.15, -0.1) is 0 Å². The van der Waals surface area contributed by atoms with Gasteiger partial charge >= 0.3 is 5.97 Å². The summed E-state index contributed by atoms with van der Waals surface area (Å²) in [6.07, 6.45) is 2.55. The third-order valence-electron chi connectivity index (χ3n) is 2.84. The van der Waals surface area contributed by atoms with Gasteiger partial charge in [-0.3, -0.25) is 14.9 Å². The van der Waals surface area contributed by atoms with Crippen LogP contribution in [0.5, 0.6) is 0 Å². The van der Waals surface area contributed by atoms with E-state index in [9.17, 15) is 9.59 Å². The van der Waals surface area contributed by atoms with E-state index in [2.05, 4.69) is 5.32 Å². The van der Waals surface area contributed by atoms with Gasteiger partial charge in [0.15, 0.2) is 6.29 Å². The fourth-order valence-corrected chi connectivity index (χ4v) is 1.89. The molecule has 2 heterocycles. The molecule has 0 aromatic carbocycles. The Labute approximate surface area is 93.4 Å². The number of ether oxygens (including phenoxy) is 1. The molecule has 0 aliphatic carbocycles. The zero-order valence-corrected chi connectivity index (χ0v) is 9.27. The molecule has 0 saturated carbocycles. The van der Waals surface area contributed by atoms with Crippen molar-refractivity contribution in [2.24, 2.45) is 0 Å². The second-order valence-corrected chi connectivity index (χ2v) is 3.90. The van der Waals surface area contributed by atoms with E-state index in [4.69, 9.17) is 4.74 Å². The number of esters is 1. The highest BCUT2D eigenvalue weighted by Gasteiger charge is 2.57. The molecule has 1 aromatic heterocycles. The third-order valence-corrected chi connectivity index (χ3v) is 2.84. The zero-order chi connectivity index (χ0) is 11.8. The Bertz CT molecular complexity index is 427. The molecule has 1 aliphatic rings. The van der Waals surface area contributed by atoms with Gasteiger partial charge in [0, 0.05) is 6.20 Å². The van der Waals surface area contributed by atoms with E-state index < -0.39 is 5.66 Å². The predicted molar refractivity (Wildman–Crippen MR) is 57.0 cm³/mol. The summed E-state index contributed by atoms with van der Waals surface area (Å²) in [4.78, 5) is 22.3. The number of rotatable bonds is 4. The number of aromatic nitrogens is 1. The predicted octanol–water partition coefficient (Wildman–Crippen LogP) is 0.508. The highest BCUT2D eigenvalue weighted by atomic mass is 16.5. The molecule has 0 radical (unpaired) electrons. The van der Waals surface area contributed by atoms with Crippen LogP contribution < -0.4 is 5.32 Å². The maximum absolute atomic E-state index is 11.5. The summed E-state index contributed by atoms with van der Waals surface area (Å²) in [7, 11) is 0. The number of carbonyl (C=O) groups excluding carboxylic acids is 2. The lowest BCUT2D eigenvalue weighted by molar-refractivity contribution is -0.143. The van der Waals surface area contributed by atoms with Gasteiger partial charge in [-0.1, -0.05) is 0 Å². The first kappa shape index (κ1) is 10.9. The second kappa shape index (κ2) is 3.75. The van der Waals surface area contributed by atoms with Crippen molar-refractivity contribution in [3.63, 3.8) is 0 Å². The van der Waals surface area contributed by atoms with Gasteiger partial charge in [-0.25, -0.2) is 0 Å². The molecule has 1 aromatic rings. The standard InChI is InChI=1S/C11H14N2O3/c1-3-16-10(15)9-11(2,12-9)13-6-4-5-8(13)7-14/h4-7,9,12H,3H2,1-2H3/t9-,11-/m1/s1. The number of hydrogen-bond donors (Lipinski definition) is 1. The third kappa shape index (κ3) is 1.53. The Kier molecular flexibility index (Phi) is 2.55. The van der Waals surface area contributed by atoms with Crippen LogP contribution in [0.15, 0.2) is 18.3 Å². The molecule has 1 saturated heterocycles. The first-order valence-corrected chi connectivity index (χ1v) is 5.21. The van der Waals surface area contributed by atoms with Gasteiger partial charge in [0.05, 0.1) is 12.3 Å². The van der Waals surface area contributed by atoms with Crippen LogP contribution in [0, 0.1) is 0 Å². The van der Waals surface area contributed by atoms with Crippen molar-refractivity contribution in [3.8, 4) is 0 Å². The van der Waals surface area contributed by atoms with Gasteiger partial charge in [0.25, 0.3) is 0 Å². The lowest BCUT2D eigenvalue weighted by atomic mass is 10.2. The van der Waals surface area contributed by atoms with Crippen LogP contribution in [0.1, 0.15) is 24.3 Å². The van der Waals surface area contributed by atoms with Crippen LogP contribution in [-0.4, -0.2) is 29.5 Å². The summed E-state index contributed by atoms with van der Waals surface area (Å²) in [6.45, 7) is 3.99. The topological polar surface area (TPSA) is 70.2 Å². The van der Waals surface area contributed by atoms with Crippen molar-refractivity contribution in [3.05, 3.63) is 24.0 Å². The minimum absolute atomic E-state index is 0.282. The molecule has 1 N–H and O–H groups in total. The van der Waals surface area contributed by atoms with Crippen molar-refractivity contribution < 1.29 is 14.3 Å². The normalized spacial score (nSPS) is 27.5. The fourth-order valence-electron chi connectivity index (χ4n) is 1.89. The lowest BCUT2D eigenvalue weighted by Crippen LogP contribution is -2.25. The number of nitrogens with zero attached hydrogens (tertiary/aromatic N) is 1. The van der Waals surface area contributed by atoms with Gasteiger partial charge in [-0.2, -0.15) is 0 Å². The average Bonchev–Trinajstić information content (AvgIpc) is 2.77. The molecule has 86 valence electrons. The van der Waals surface area contributed by atoms with Crippen molar-refractivity contribution in [2.75, 3.05) is 6.61 Å². The summed E-state index contributed by atoms with van der Waals surface area (Å²) in [6, 6.07) is 3.11. The molecule has 1 fully saturated rings. The van der Waals surface area contributed by atoms with E-state index >= 15 is 0 Å². The molecule has 5 nitrogen and oxygen atoms in total. The van der Waals surface area contributed by atoms with Gasteiger partial charge in [-0.05, 0) is 26.0 Å². The first-order valence-electron chi connectivity index (χ1n) is 5.21. The summed E-state index contributed by atoms with van der Waals surface area (Å²) < 4.78 is 6.68. The van der Waals surface area contributed by atoms with E-state index in [0.717, 1.165) is 6.29 Å². The molecular formula is C11H14N2O3. The minimum Gasteiger partial charge on any atom is -0.465 e. The van der Waals surface area contributed by atoms with Gasteiger partial charge < -0.3 is 9.30 Å². The highest BCUT2D eigenvalue weighted by molar-refractivity contribution is 5.81. The Morgan fingerprint density at radius 2 is 2.50 bits per heavy atom. The monoisotopic (exact) mass is 222 g/mol. The van der Waals surface area contributed by atoms with E-state index in [-0.39, 0.29) is 12.0 Å². The molecule has 2 rings (SSSR count). The number of carbonyl (C=O) groups is 2. The zero-order valence-electron chi connectivity index (χ0n) is 9.27. The van der Waals surface area contributed by atoms with Crippen LogP contribution in [0.2, 0.25) is 0 Å². The van der Waals surface area contributed by atoms with Crippen molar-refractivity contribution in [1.82, 2.24) is 9.88 Å². The minimum atomic E-state index is -0.536. The Hall–Kier alpha value is -1.62. The summed E-state index contributed by atoms with van der Waals surface area (Å²) in [5, 5.41) is 3.04. The van der Waals surface area contributed by atoms with Crippen LogP contribution in [0.3, 0.4) is 0 Å². The van der Waals surface area contributed by atoms with Crippen molar-refractivity contribution >= 4 is 12.3 Å². The lowest BCUT2D eigenvalue weighted by Gasteiger charge is -2.12. The Morgan fingerprint density at radius 1 is 1.75 bits per heavy atom. The quantitative estimate of drug-likeness (QED) is 0.457. The fraction of sp³-hybridized carbons (Fsp3) is 0.455. The molecule has 0 bridgehead atoms. The molecule has 5 heteroatoms. The molecule has 0 amide bonds. The number of aldehydes is 1. The summed E-state index contributed by atoms with van der Waals surface area (Å²) >= 11 is 0. The molecule has 2 atom stereocenters. The largest absolute Gasteiger partial charge is 0.465 e. The SMILES string of the molecule is CCOC(=O)[C@H]1N[C@]1(C)n1cccc1C=O. The molecule has 1 aliphatic heterocycles. The molecule has 0 unspecified atom stereocenters. The van der Waals surface area contributed by atoms with Crippen LogP contribution >= 0.6 is 0 Å². The van der Waals surface area contributed by atoms with E-state index in [1.54, 1.807) is 29.8 Å². The van der Waals surface area contributed by atoms with Crippen molar-refractivity contribution in [2.45, 2.75) is 25.6 Å². The van der Waals surface area contributed by atoms with E-state index in [0.29, 0.717) is 12.3 Å². The molecule has 16 heavy (non-hydrogen) atoms. The Morgan fingerprint density at radius 3 is 3.12 bits per heavy atom. The van der Waals surface area contributed by atoms with Crippen molar-refractivity contribution in [1.29, 1.82) is 0 Å². The summed E-state index contributed by atoms with van der Waals surface area (Å²) in [5.41, 5.74) is 0.00761. The maximum atomic E-state index is 11.5. The van der Waals surface area contributed by atoms with Gasteiger partial charge in [0.1, 0.15) is 11.7 Å². The molecule has 0 spiro atoms. The van der Waals surface area contributed by atoms with Crippen LogP contribution in [0.25, 0.3) is 0 Å². The van der Waals surface area contributed by atoms with E-state index in [1.165, 1.54) is 0 Å². The number of hydrogen-bond acceptors (Lipinski definition) is 4. The van der Waals surface area contributed by atoms with E-state index in [1.807, 2.05) is 6.92 Å². The maximum Gasteiger partial charge on any atom is 0.327 e. The highest BCUT2D eigenvalue weighted by Crippen LogP contribution is 2.33. The summed E-state index contributed by atoms with van der Waals surface area (Å²) in [5.74, 6) is -0.282. The second-order valence-electron chi connectivity index (χ2n) is 3.90. The smallest absolute Gasteiger partial charge is 0.327 e.